The molecule has 0 radical (unpaired) electrons. The van der Waals surface area contributed by atoms with Gasteiger partial charge in [-0.15, -0.1) is 11.3 Å². The second-order valence-electron chi connectivity index (χ2n) is 3.97. The van der Waals surface area contributed by atoms with Crippen molar-refractivity contribution in [1.29, 1.82) is 0 Å². The van der Waals surface area contributed by atoms with Gasteiger partial charge in [-0.3, -0.25) is 0 Å². The van der Waals surface area contributed by atoms with E-state index in [4.69, 9.17) is 15.2 Å². The van der Waals surface area contributed by atoms with Gasteiger partial charge in [0.25, 0.3) is 0 Å². The van der Waals surface area contributed by atoms with Gasteiger partial charge in [0.1, 0.15) is 17.6 Å². The lowest BCUT2D eigenvalue weighted by Gasteiger charge is -2.16. The highest BCUT2D eigenvalue weighted by atomic mass is 32.1. The van der Waals surface area contributed by atoms with Crippen LogP contribution in [0.1, 0.15) is 15.9 Å². The third-order valence-corrected chi connectivity index (χ3v) is 3.70. The molecule has 0 aliphatic rings. The highest BCUT2D eigenvalue weighted by Gasteiger charge is 2.13. The van der Waals surface area contributed by atoms with Gasteiger partial charge in [0.15, 0.2) is 0 Å². The van der Waals surface area contributed by atoms with E-state index in [1.54, 1.807) is 18.4 Å². The minimum Gasteiger partial charge on any atom is -0.497 e. The Kier molecular flexibility index (Phi) is 4.23. The van der Waals surface area contributed by atoms with Crippen LogP contribution in [0.25, 0.3) is 0 Å². The highest BCUT2D eigenvalue weighted by molar-refractivity contribution is 7.12. The molecule has 0 fully saturated rings. The Hall–Kier alpha value is -1.52. The predicted octanol–water partition coefficient (Wildman–Crippen LogP) is 3.14. The first kappa shape index (κ1) is 12.9. The normalized spacial score (nSPS) is 12.2. The van der Waals surface area contributed by atoms with Crippen molar-refractivity contribution in [3.63, 3.8) is 0 Å². The van der Waals surface area contributed by atoms with E-state index < -0.39 is 0 Å². The average molecular weight is 263 g/mol. The summed E-state index contributed by atoms with van der Waals surface area (Å²) in [5, 5.41) is 0. The smallest absolute Gasteiger partial charge is 0.145 e. The van der Waals surface area contributed by atoms with E-state index in [2.05, 4.69) is 19.1 Å². The number of hydrogen-bond donors (Lipinski definition) is 1. The Morgan fingerprint density at radius 1 is 1.22 bits per heavy atom. The van der Waals surface area contributed by atoms with Gasteiger partial charge in [0, 0.05) is 22.4 Å². The lowest BCUT2D eigenvalue weighted by Crippen LogP contribution is -2.17. The molecule has 1 atom stereocenters. The van der Waals surface area contributed by atoms with Crippen LogP contribution in [-0.4, -0.2) is 13.7 Å². The van der Waals surface area contributed by atoms with Crippen LogP contribution in [0.3, 0.4) is 0 Å². The third kappa shape index (κ3) is 3.03. The Balaban J connectivity index is 2.14. The summed E-state index contributed by atoms with van der Waals surface area (Å²) in [4.78, 5) is 2.41. The summed E-state index contributed by atoms with van der Waals surface area (Å²) in [6.07, 6.45) is -0.101. The second kappa shape index (κ2) is 5.89. The van der Waals surface area contributed by atoms with Gasteiger partial charge in [-0.05, 0) is 31.2 Å². The Morgan fingerprint density at radius 2 is 2.00 bits per heavy atom. The second-order valence-corrected chi connectivity index (χ2v) is 5.29. The van der Waals surface area contributed by atoms with E-state index in [1.807, 2.05) is 24.3 Å². The Bertz CT molecular complexity index is 510. The van der Waals surface area contributed by atoms with Crippen molar-refractivity contribution in [3.8, 4) is 11.5 Å². The van der Waals surface area contributed by atoms with E-state index in [1.165, 1.54) is 4.88 Å². The maximum absolute atomic E-state index is 5.91. The molecule has 4 heteroatoms. The molecule has 0 spiro atoms. The monoisotopic (exact) mass is 263 g/mol. The molecule has 18 heavy (non-hydrogen) atoms. The van der Waals surface area contributed by atoms with E-state index in [0.29, 0.717) is 6.54 Å². The fraction of sp³-hybridized carbons (Fsp3) is 0.286. The van der Waals surface area contributed by atoms with Crippen LogP contribution in [-0.2, 0) is 0 Å². The summed E-state index contributed by atoms with van der Waals surface area (Å²) in [6, 6.07) is 11.7. The standard InChI is InChI=1S/C14H17NO2S/c1-10-6-7-14(18-10)13(9-15)17-12-5-3-4-11(8-12)16-2/h3-8,13H,9,15H2,1-2H3. The van der Waals surface area contributed by atoms with Crippen LogP contribution in [0.5, 0.6) is 11.5 Å². The van der Waals surface area contributed by atoms with Crippen LogP contribution < -0.4 is 15.2 Å². The highest BCUT2D eigenvalue weighted by Crippen LogP contribution is 2.28. The molecule has 96 valence electrons. The van der Waals surface area contributed by atoms with Gasteiger partial charge in [0.2, 0.25) is 0 Å². The van der Waals surface area contributed by atoms with Crippen molar-refractivity contribution in [2.45, 2.75) is 13.0 Å². The zero-order valence-electron chi connectivity index (χ0n) is 10.6. The SMILES string of the molecule is COc1cccc(OC(CN)c2ccc(C)s2)c1. The number of benzene rings is 1. The molecule has 1 aromatic heterocycles. The molecule has 0 aliphatic heterocycles. The van der Waals surface area contributed by atoms with Gasteiger partial charge < -0.3 is 15.2 Å². The van der Waals surface area contributed by atoms with E-state index >= 15 is 0 Å². The largest absolute Gasteiger partial charge is 0.497 e. The third-order valence-electron chi connectivity index (χ3n) is 2.61. The first-order valence-corrected chi connectivity index (χ1v) is 6.61. The van der Waals surface area contributed by atoms with Crippen LogP contribution in [0.4, 0.5) is 0 Å². The molecule has 2 N–H and O–H groups in total. The first-order chi connectivity index (χ1) is 8.72. The average Bonchev–Trinajstić information content (AvgIpc) is 2.82. The molecule has 1 heterocycles. The number of hydrogen-bond acceptors (Lipinski definition) is 4. The summed E-state index contributed by atoms with van der Waals surface area (Å²) >= 11 is 1.71. The van der Waals surface area contributed by atoms with Crippen molar-refractivity contribution in [1.82, 2.24) is 0 Å². The molecule has 0 saturated carbocycles. The van der Waals surface area contributed by atoms with Crippen molar-refractivity contribution in [2.24, 2.45) is 5.73 Å². The number of aryl methyl sites for hydroxylation is 1. The summed E-state index contributed by atoms with van der Waals surface area (Å²) < 4.78 is 11.1. The predicted molar refractivity (Wildman–Crippen MR) is 74.5 cm³/mol. The molecule has 0 aliphatic carbocycles. The molecule has 0 amide bonds. The summed E-state index contributed by atoms with van der Waals surface area (Å²) in [6.45, 7) is 2.53. The van der Waals surface area contributed by atoms with Crippen molar-refractivity contribution in [3.05, 3.63) is 46.2 Å². The molecular formula is C14H17NO2S. The van der Waals surface area contributed by atoms with E-state index in [-0.39, 0.29) is 6.10 Å². The molecule has 0 bridgehead atoms. The molecule has 3 nitrogen and oxygen atoms in total. The molecule has 2 rings (SSSR count). The number of methoxy groups -OCH3 is 1. The van der Waals surface area contributed by atoms with Crippen molar-refractivity contribution >= 4 is 11.3 Å². The molecule has 0 saturated heterocycles. The molecule has 1 aromatic carbocycles. The van der Waals surface area contributed by atoms with Gasteiger partial charge in [0.05, 0.1) is 7.11 Å². The quantitative estimate of drug-likeness (QED) is 0.901. The van der Waals surface area contributed by atoms with Crippen LogP contribution >= 0.6 is 11.3 Å². The summed E-state index contributed by atoms with van der Waals surface area (Å²) in [7, 11) is 1.64. The Labute approximate surface area is 111 Å². The first-order valence-electron chi connectivity index (χ1n) is 5.80. The maximum atomic E-state index is 5.91. The lowest BCUT2D eigenvalue weighted by molar-refractivity contribution is 0.217. The van der Waals surface area contributed by atoms with Crippen LogP contribution in [0, 0.1) is 6.92 Å². The molecular weight excluding hydrogens is 246 g/mol. The lowest BCUT2D eigenvalue weighted by atomic mass is 10.2. The minimum absolute atomic E-state index is 0.101. The fourth-order valence-electron chi connectivity index (χ4n) is 1.69. The molecule has 2 aromatic rings. The van der Waals surface area contributed by atoms with Gasteiger partial charge in [-0.2, -0.15) is 0 Å². The minimum atomic E-state index is -0.101. The zero-order valence-corrected chi connectivity index (χ0v) is 11.4. The van der Waals surface area contributed by atoms with Gasteiger partial charge in [-0.1, -0.05) is 6.07 Å². The topological polar surface area (TPSA) is 44.5 Å². The Morgan fingerprint density at radius 3 is 2.61 bits per heavy atom. The van der Waals surface area contributed by atoms with E-state index in [0.717, 1.165) is 16.4 Å². The van der Waals surface area contributed by atoms with Crippen LogP contribution in [0.15, 0.2) is 36.4 Å². The van der Waals surface area contributed by atoms with Crippen molar-refractivity contribution < 1.29 is 9.47 Å². The zero-order chi connectivity index (χ0) is 13.0. The number of ether oxygens (including phenoxy) is 2. The number of nitrogens with two attached hydrogens (primary N) is 1. The molecule has 1 unspecified atom stereocenters. The van der Waals surface area contributed by atoms with Gasteiger partial charge >= 0.3 is 0 Å². The summed E-state index contributed by atoms with van der Waals surface area (Å²) in [5.74, 6) is 1.56. The van der Waals surface area contributed by atoms with Crippen LogP contribution in [0.2, 0.25) is 0 Å². The summed E-state index contributed by atoms with van der Waals surface area (Å²) in [5.41, 5.74) is 5.78. The van der Waals surface area contributed by atoms with Gasteiger partial charge in [-0.25, -0.2) is 0 Å². The number of rotatable bonds is 5. The number of thiophene rings is 1. The fourth-order valence-corrected chi connectivity index (χ4v) is 2.61. The van der Waals surface area contributed by atoms with Crippen molar-refractivity contribution in [2.75, 3.05) is 13.7 Å². The maximum Gasteiger partial charge on any atom is 0.145 e. The van der Waals surface area contributed by atoms with E-state index in [9.17, 15) is 0 Å².